The third-order valence-electron chi connectivity index (χ3n) is 5.04. The predicted molar refractivity (Wildman–Crippen MR) is 113 cm³/mol. The minimum absolute atomic E-state index is 1.02. The molecule has 0 spiro atoms. The Kier molecular flexibility index (Phi) is 6.28. The maximum Gasteiger partial charge on any atom is -0.00229 e. The summed E-state index contributed by atoms with van der Waals surface area (Å²) in [5, 5.41) is 0. The fourth-order valence-electron chi connectivity index (χ4n) is 3.66. The van der Waals surface area contributed by atoms with Crippen molar-refractivity contribution in [1.82, 2.24) is 0 Å². The van der Waals surface area contributed by atoms with Gasteiger partial charge in [-0.1, -0.05) is 91.2 Å². The lowest BCUT2D eigenvalue weighted by atomic mass is 9.92. The summed E-state index contributed by atoms with van der Waals surface area (Å²) in [6.45, 7) is 6.62. The fraction of sp³-hybridized carbons (Fsp3) is 0.308. The van der Waals surface area contributed by atoms with Crippen molar-refractivity contribution in [2.45, 2.75) is 52.9 Å². The van der Waals surface area contributed by atoms with Gasteiger partial charge in [0.15, 0.2) is 0 Å². The average molecular weight is 343 g/mol. The Morgan fingerprint density at radius 2 is 1.23 bits per heavy atom. The normalized spacial score (nSPS) is 10.9. The van der Waals surface area contributed by atoms with Crippen LogP contribution in [0.3, 0.4) is 0 Å². The molecular weight excluding hydrogens is 312 g/mol. The molecule has 3 rings (SSSR count). The molecule has 0 aliphatic rings. The van der Waals surface area contributed by atoms with Crippen molar-refractivity contribution < 1.29 is 0 Å². The molecule has 0 saturated carbocycles. The molecular formula is C26H30. The zero-order chi connectivity index (χ0) is 18.4. The van der Waals surface area contributed by atoms with Crippen LogP contribution >= 0.6 is 0 Å². The lowest BCUT2D eigenvalue weighted by Gasteiger charge is -2.13. The average Bonchev–Trinajstić information content (AvgIpc) is 2.62. The fourth-order valence-corrected chi connectivity index (χ4v) is 3.66. The first-order valence-corrected chi connectivity index (χ1v) is 9.86. The minimum atomic E-state index is 1.02. The van der Waals surface area contributed by atoms with E-state index < -0.39 is 0 Å². The predicted octanol–water partition coefficient (Wildman–Crippen LogP) is 6.83. The van der Waals surface area contributed by atoms with E-state index >= 15 is 0 Å². The Bertz CT molecular complexity index is 857. The van der Waals surface area contributed by atoms with Gasteiger partial charge in [-0.15, -0.1) is 0 Å². The van der Waals surface area contributed by atoms with E-state index in [1.54, 1.807) is 0 Å². The minimum Gasteiger partial charge on any atom is -0.0654 e. The SMILES string of the molecule is CCCCc1cc(Cc2cccc(C)c2)ccc1Cc1cccc(C)c1. The molecule has 0 bridgehead atoms. The smallest absolute Gasteiger partial charge is 0.00229 e. The van der Waals surface area contributed by atoms with Crippen molar-refractivity contribution in [3.05, 3.63) is 106 Å². The molecule has 0 radical (unpaired) electrons. The quantitative estimate of drug-likeness (QED) is 0.441. The number of rotatable bonds is 7. The molecule has 0 N–H and O–H groups in total. The van der Waals surface area contributed by atoms with E-state index in [1.165, 1.54) is 58.2 Å². The molecule has 0 nitrogen and oxygen atoms in total. The summed E-state index contributed by atoms with van der Waals surface area (Å²) in [5.74, 6) is 0. The third kappa shape index (κ3) is 5.08. The van der Waals surface area contributed by atoms with Crippen molar-refractivity contribution in [2.75, 3.05) is 0 Å². The summed E-state index contributed by atoms with van der Waals surface area (Å²) in [4.78, 5) is 0. The molecule has 0 aliphatic carbocycles. The molecule has 0 saturated heterocycles. The van der Waals surface area contributed by atoms with Crippen molar-refractivity contribution in [1.29, 1.82) is 0 Å². The maximum absolute atomic E-state index is 2.45. The molecule has 0 heterocycles. The van der Waals surface area contributed by atoms with Crippen LogP contribution < -0.4 is 0 Å². The second kappa shape index (κ2) is 8.85. The highest BCUT2D eigenvalue weighted by Gasteiger charge is 2.07. The monoisotopic (exact) mass is 342 g/mol. The van der Waals surface area contributed by atoms with Gasteiger partial charge >= 0.3 is 0 Å². The summed E-state index contributed by atoms with van der Waals surface area (Å²) in [5.41, 5.74) is 9.93. The highest BCUT2D eigenvalue weighted by molar-refractivity contribution is 5.39. The van der Waals surface area contributed by atoms with Crippen LogP contribution in [0.4, 0.5) is 0 Å². The van der Waals surface area contributed by atoms with Crippen LogP contribution in [0.25, 0.3) is 0 Å². The number of hydrogen-bond donors (Lipinski definition) is 0. The first-order valence-electron chi connectivity index (χ1n) is 9.86. The molecule has 0 amide bonds. The topological polar surface area (TPSA) is 0 Å². The summed E-state index contributed by atoms with van der Waals surface area (Å²) >= 11 is 0. The molecule has 3 aromatic carbocycles. The van der Waals surface area contributed by atoms with Crippen molar-refractivity contribution in [3.63, 3.8) is 0 Å². The zero-order valence-corrected chi connectivity index (χ0v) is 16.4. The number of aryl methyl sites for hydroxylation is 3. The Labute approximate surface area is 158 Å². The first-order chi connectivity index (χ1) is 12.6. The molecule has 0 heteroatoms. The molecule has 0 atom stereocenters. The summed E-state index contributed by atoms with van der Waals surface area (Å²) in [6, 6.07) is 24.9. The van der Waals surface area contributed by atoms with Crippen LogP contribution in [0.1, 0.15) is 58.7 Å². The van der Waals surface area contributed by atoms with E-state index in [9.17, 15) is 0 Å². The molecule has 0 fully saturated rings. The summed E-state index contributed by atoms with van der Waals surface area (Å²) < 4.78 is 0. The number of hydrogen-bond acceptors (Lipinski definition) is 0. The van der Waals surface area contributed by atoms with Crippen LogP contribution in [0.5, 0.6) is 0 Å². The number of benzene rings is 3. The van der Waals surface area contributed by atoms with Gasteiger partial charge < -0.3 is 0 Å². The standard InChI is InChI=1S/C26H30/c1-4-5-12-25-19-24(17-22-10-6-8-20(2)15-22)13-14-26(25)18-23-11-7-9-21(3)16-23/h6-11,13-16,19H,4-5,12,17-18H2,1-3H3. The second-order valence-corrected chi connectivity index (χ2v) is 7.54. The lowest BCUT2D eigenvalue weighted by Crippen LogP contribution is -1.99. The molecule has 26 heavy (non-hydrogen) atoms. The van der Waals surface area contributed by atoms with Gasteiger partial charge in [-0.25, -0.2) is 0 Å². The molecule has 3 aromatic rings. The molecule has 0 aromatic heterocycles. The lowest BCUT2D eigenvalue weighted by molar-refractivity contribution is 0.787. The van der Waals surface area contributed by atoms with Gasteiger partial charge in [0.25, 0.3) is 0 Å². The van der Waals surface area contributed by atoms with Crippen LogP contribution in [0.2, 0.25) is 0 Å². The van der Waals surface area contributed by atoms with Gasteiger partial charge in [-0.3, -0.25) is 0 Å². The van der Waals surface area contributed by atoms with Crippen molar-refractivity contribution in [3.8, 4) is 0 Å². The van der Waals surface area contributed by atoms with E-state index in [4.69, 9.17) is 0 Å². The zero-order valence-electron chi connectivity index (χ0n) is 16.4. The Morgan fingerprint density at radius 1 is 0.615 bits per heavy atom. The van der Waals surface area contributed by atoms with Crippen molar-refractivity contribution >= 4 is 0 Å². The van der Waals surface area contributed by atoms with Gasteiger partial charge in [-0.05, 0) is 67.3 Å². The van der Waals surface area contributed by atoms with E-state index in [0.29, 0.717) is 0 Å². The first kappa shape index (κ1) is 18.5. The number of unbranched alkanes of at least 4 members (excludes halogenated alkanes) is 1. The van der Waals surface area contributed by atoms with Crippen LogP contribution in [-0.2, 0) is 19.3 Å². The van der Waals surface area contributed by atoms with Crippen LogP contribution in [0, 0.1) is 13.8 Å². The molecule has 134 valence electrons. The summed E-state index contributed by atoms with van der Waals surface area (Å²) in [7, 11) is 0. The van der Waals surface area contributed by atoms with Gasteiger partial charge in [0.1, 0.15) is 0 Å². The molecule has 0 unspecified atom stereocenters. The second-order valence-electron chi connectivity index (χ2n) is 7.54. The van der Waals surface area contributed by atoms with Gasteiger partial charge in [0, 0.05) is 0 Å². The van der Waals surface area contributed by atoms with Gasteiger partial charge in [0.05, 0.1) is 0 Å². The third-order valence-corrected chi connectivity index (χ3v) is 5.04. The molecule has 0 aliphatic heterocycles. The van der Waals surface area contributed by atoms with Gasteiger partial charge in [0.2, 0.25) is 0 Å². The van der Waals surface area contributed by atoms with Crippen molar-refractivity contribution in [2.24, 2.45) is 0 Å². The van der Waals surface area contributed by atoms with E-state index in [0.717, 1.165) is 12.8 Å². The summed E-state index contributed by atoms with van der Waals surface area (Å²) in [6.07, 6.45) is 5.73. The Balaban J connectivity index is 1.85. The highest BCUT2D eigenvalue weighted by Crippen LogP contribution is 2.21. The Morgan fingerprint density at radius 3 is 1.85 bits per heavy atom. The van der Waals surface area contributed by atoms with Crippen LogP contribution in [0.15, 0.2) is 66.7 Å². The van der Waals surface area contributed by atoms with Gasteiger partial charge in [-0.2, -0.15) is 0 Å². The highest BCUT2D eigenvalue weighted by atomic mass is 14.1. The maximum atomic E-state index is 2.45. The van der Waals surface area contributed by atoms with E-state index in [2.05, 4.69) is 87.5 Å². The van der Waals surface area contributed by atoms with E-state index in [1.807, 2.05) is 0 Å². The van der Waals surface area contributed by atoms with Crippen LogP contribution in [-0.4, -0.2) is 0 Å². The van der Waals surface area contributed by atoms with E-state index in [-0.39, 0.29) is 0 Å². The Hall–Kier alpha value is -2.34. The largest absolute Gasteiger partial charge is 0.0654 e.